The van der Waals surface area contributed by atoms with Gasteiger partial charge in [0.25, 0.3) is 5.91 Å². The van der Waals surface area contributed by atoms with Crippen molar-refractivity contribution >= 4 is 55.8 Å². The highest BCUT2D eigenvalue weighted by molar-refractivity contribution is 7.91. The van der Waals surface area contributed by atoms with Crippen LogP contribution in [0.15, 0.2) is 54.9 Å². The van der Waals surface area contributed by atoms with E-state index in [0.29, 0.717) is 47.0 Å². The van der Waals surface area contributed by atoms with Crippen molar-refractivity contribution in [3.8, 4) is 17.5 Å². The molecule has 5 atom stereocenters. The van der Waals surface area contributed by atoms with E-state index in [1.165, 1.54) is 12.0 Å². The molecule has 4 heterocycles. The summed E-state index contributed by atoms with van der Waals surface area (Å²) in [6, 6.07) is 6.97. The Morgan fingerprint density at radius 2 is 1.85 bits per heavy atom. The minimum Gasteiger partial charge on any atom is -0.494 e. The normalized spacial score (nSPS) is 26.4. The number of amides is 3. The van der Waals surface area contributed by atoms with Crippen LogP contribution in [0.25, 0.3) is 10.8 Å². The smallest absolute Gasteiger partial charge is 0.259 e. The number of allylic oxidation sites excluding steroid dienone is 1. The third kappa shape index (κ3) is 7.86. The van der Waals surface area contributed by atoms with Crippen LogP contribution in [0.1, 0.15) is 57.8 Å². The molecule has 0 spiro atoms. The number of methoxy groups -OCH3 is 2. The van der Waals surface area contributed by atoms with E-state index in [0.717, 1.165) is 31.1 Å². The summed E-state index contributed by atoms with van der Waals surface area (Å²) in [7, 11) is -0.812. The molecule has 1 aromatic carbocycles. The lowest BCUT2D eigenvalue weighted by atomic mass is 10.0. The van der Waals surface area contributed by atoms with Gasteiger partial charge in [-0.25, -0.2) is 18.4 Å². The van der Waals surface area contributed by atoms with E-state index in [2.05, 4.69) is 25.3 Å². The van der Waals surface area contributed by atoms with Crippen LogP contribution in [0.2, 0.25) is 5.02 Å². The van der Waals surface area contributed by atoms with Crippen molar-refractivity contribution in [1.29, 1.82) is 0 Å². The molecule has 1 saturated heterocycles. The molecule has 0 bridgehead atoms. The second kappa shape index (κ2) is 15.0. The number of hydrogen-bond acceptors (Lipinski definition) is 11. The van der Waals surface area contributed by atoms with Crippen LogP contribution in [0.4, 0.5) is 5.69 Å². The van der Waals surface area contributed by atoms with Crippen molar-refractivity contribution in [2.45, 2.75) is 86.8 Å². The standard InChI is InChI=1S/C37H43ClN6O8S/c1-50-31-20-40-34(28-16-23(38)10-14-27(28)31)52-25-17-30-33(45)42-37(36(47)43-53(48,49)26-12-13-26)18-22(37)8-6-4-3-5-7-9-29(35(46)44(30)21-25)41-24-11-15-32(51-2)39-19-24/h6,8,10-11,14-16,19-20,22,25-26,29-30,41H,3-5,7,9,12-13,17-18,21H2,1-2H3,(H,42,45)(H,43,47)/t22-,25-,29+,30+,37-/m1/s1. The third-order valence-corrected chi connectivity index (χ3v) is 12.5. The van der Waals surface area contributed by atoms with E-state index < -0.39 is 56.7 Å². The molecule has 16 heteroatoms. The van der Waals surface area contributed by atoms with Gasteiger partial charge in [0, 0.05) is 34.2 Å². The number of sulfonamides is 1. The zero-order valence-corrected chi connectivity index (χ0v) is 31.1. The maximum atomic E-state index is 14.6. The van der Waals surface area contributed by atoms with Gasteiger partial charge in [-0.05, 0) is 62.8 Å². The van der Waals surface area contributed by atoms with Gasteiger partial charge in [0.2, 0.25) is 33.6 Å². The van der Waals surface area contributed by atoms with Gasteiger partial charge in [-0.3, -0.25) is 19.1 Å². The average molecular weight is 767 g/mol. The second-order valence-electron chi connectivity index (χ2n) is 14.1. The fourth-order valence-electron chi connectivity index (χ4n) is 7.21. The van der Waals surface area contributed by atoms with Crippen LogP contribution in [0.3, 0.4) is 0 Å². The van der Waals surface area contributed by atoms with E-state index in [1.54, 1.807) is 49.8 Å². The first kappa shape index (κ1) is 36.7. The summed E-state index contributed by atoms with van der Waals surface area (Å²) < 4.78 is 45.1. The number of carbonyl (C=O) groups excluding carboxylic acids is 3. The molecule has 3 N–H and O–H groups in total. The molecule has 2 aliphatic carbocycles. The maximum Gasteiger partial charge on any atom is 0.259 e. The molecular formula is C37H43ClN6O8S. The quantitative estimate of drug-likeness (QED) is 0.267. The number of anilines is 1. The Bertz CT molecular complexity index is 2030. The molecule has 2 aliphatic heterocycles. The molecule has 0 radical (unpaired) electrons. The summed E-state index contributed by atoms with van der Waals surface area (Å²) in [5.74, 6) is -0.850. The van der Waals surface area contributed by atoms with Gasteiger partial charge in [-0.2, -0.15) is 0 Å². The van der Waals surface area contributed by atoms with Crippen molar-refractivity contribution < 1.29 is 37.0 Å². The van der Waals surface area contributed by atoms with Crippen LogP contribution >= 0.6 is 11.6 Å². The first-order valence-electron chi connectivity index (χ1n) is 17.9. The molecular weight excluding hydrogens is 724 g/mol. The third-order valence-electron chi connectivity index (χ3n) is 10.4. The average Bonchev–Trinajstić information content (AvgIpc) is 4.07. The lowest BCUT2D eigenvalue weighted by molar-refractivity contribution is -0.140. The fourth-order valence-corrected chi connectivity index (χ4v) is 8.75. The van der Waals surface area contributed by atoms with Crippen LogP contribution in [-0.2, 0) is 24.4 Å². The molecule has 0 unspecified atom stereocenters. The largest absolute Gasteiger partial charge is 0.494 e. The van der Waals surface area contributed by atoms with Crippen molar-refractivity contribution in [1.82, 2.24) is 24.9 Å². The number of nitrogens with one attached hydrogen (secondary N) is 3. The van der Waals surface area contributed by atoms with Gasteiger partial charge in [-0.1, -0.05) is 36.6 Å². The first-order valence-corrected chi connectivity index (χ1v) is 19.8. The van der Waals surface area contributed by atoms with Gasteiger partial charge in [-0.15, -0.1) is 0 Å². The molecule has 7 rings (SSSR count). The van der Waals surface area contributed by atoms with Gasteiger partial charge in [0.05, 0.1) is 44.1 Å². The van der Waals surface area contributed by atoms with Crippen LogP contribution in [-0.4, -0.2) is 90.7 Å². The summed E-state index contributed by atoms with van der Waals surface area (Å²) in [6.07, 6.45) is 11.3. The number of benzene rings is 1. The number of fused-ring (bicyclic) bond motifs is 3. The highest BCUT2D eigenvalue weighted by Crippen LogP contribution is 2.46. The summed E-state index contributed by atoms with van der Waals surface area (Å²) in [4.78, 5) is 53.0. The topological polar surface area (TPSA) is 178 Å². The van der Waals surface area contributed by atoms with Gasteiger partial charge in [0.15, 0.2) is 0 Å². The highest BCUT2D eigenvalue weighted by atomic mass is 35.5. The van der Waals surface area contributed by atoms with Gasteiger partial charge in [0.1, 0.15) is 29.5 Å². The predicted octanol–water partition coefficient (Wildman–Crippen LogP) is 4.13. The summed E-state index contributed by atoms with van der Waals surface area (Å²) in [5.41, 5.74) is -0.864. The number of nitrogens with zero attached hydrogens (tertiary/aromatic N) is 3. The van der Waals surface area contributed by atoms with Crippen molar-refractivity contribution in [3.05, 3.63) is 59.9 Å². The van der Waals surface area contributed by atoms with Crippen molar-refractivity contribution in [3.63, 3.8) is 0 Å². The van der Waals surface area contributed by atoms with Crippen LogP contribution in [0.5, 0.6) is 17.5 Å². The first-order chi connectivity index (χ1) is 25.5. The molecule has 2 aromatic heterocycles. The minimum absolute atomic E-state index is 0.0460. The number of hydrogen-bond donors (Lipinski definition) is 3. The Balaban J connectivity index is 1.21. The monoisotopic (exact) mass is 766 g/mol. The van der Waals surface area contributed by atoms with E-state index in [4.69, 9.17) is 25.8 Å². The molecule has 14 nitrogen and oxygen atoms in total. The Morgan fingerprint density at radius 1 is 1.02 bits per heavy atom. The number of carbonyl (C=O) groups is 3. The number of rotatable bonds is 9. The lowest BCUT2D eigenvalue weighted by Gasteiger charge is -2.30. The fraction of sp³-hybridized carbons (Fsp3) is 0.486. The zero-order chi connectivity index (χ0) is 37.3. The SMILES string of the molecule is COc1ccc(N[C@H]2CCCCCC=C[C@@H]3C[C@@]3(C(=O)NS(=O)(=O)C3CC3)NC(=O)[C@@H]3C[C@@H](Oc4ncc(OC)c5ccc(Cl)cc45)CN3C2=O)cn1. The number of aromatic nitrogens is 2. The van der Waals surface area contributed by atoms with E-state index in [-0.39, 0.29) is 31.2 Å². The number of pyridine rings is 2. The molecule has 4 aliphatic rings. The van der Waals surface area contributed by atoms with Crippen LogP contribution in [0, 0.1) is 5.92 Å². The van der Waals surface area contributed by atoms with Gasteiger partial charge < -0.3 is 29.7 Å². The van der Waals surface area contributed by atoms with Crippen molar-refractivity contribution in [2.75, 3.05) is 26.1 Å². The maximum absolute atomic E-state index is 14.6. The molecule has 3 amide bonds. The van der Waals surface area contributed by atoms with E-state index in [1.807, 2.05) is 12.2 Å². The Kier molecular flexibility index (Phi) is 10.4. The number of ether oxygens (including phenoxy) is 3. The number of halogens is 1. The molecule has 53 heavy (non-hydrogen) atoms. The molecule has 2 saturated carbocycles. The minimum atomic E-state index is -3.87. The summed E-state index contributed by atoms with van der Waals surface area (Å²) in [5, 5.41) is 7.42. The zero-order valence-electron chi connectivity index (χ0n) is 29.5. The predicted molar refractivity (Wildman–Crippen MR) is 197 cm³/mol. The molecule has 3 fully saturated rings. The Hall–Kier alpha value is -4.63. The Morgan fingerprint density at radius 3 is 2.58 bits per heavy atom. The van der Waals surface area contributed by atoms with Gasteiger partial charge >= 0.3 is 0 Å². The van der Waals surface area contributed by atoms with Crippen LogP contribution < -0.4 is 29.6 Å². The highest BCUT2D eigenvalue weighted by Gasteiger charge is 2.62. The molecule has 3 aromatic rings. The summed E-state index contributed by atoms with van der Waals surface area (Å²) >= 11 is 6.36. The van der Waals surface area contributed by atoms with E-state index >= 15 is 0 Å². The van der Waals surface area contributed by atoms with Crippen molar-refractivity contribution in [2.24, 2.45) is 5.92 Å². The summed E-state index contributed by atoms with van der Waals surface area (Å²) in [6.45, 7) is 0.0460. The lowest BCUT2D eigenvalue weighted by Crippen LogP contribution is -2.57. The van der Waals surface area contributed by atoms with E-state index in [9.17, 15) is 22.8 Å². The second-order valence-corrected chi connectivity index (χ2v) is 16.5. The Labute approximate surface area is 313 Å². The molecule has 282 valence electrons.